The molecule has 3 aromatic heterocycles. The molecule has 0 amide bonds. The molecule has 0 saturated carbocycles. The van der Waals surface area contributed by atoms with Crippen LogP contribution < -0.4 is 9.97 Å². The van der Waals surface area contributed by atoms with E-state index in [1.165, 1.54) is 7.11 Å². The van der Waals surface area contributed by atoms with E-state index in [0.717, 1.165) is 40.1 Å². The van der Waals surface area contributed by atoms with Crippen molar-refractivity contribution in [2.75, 3.05) is 7.11 Å². The number of esters is 2. The van der Waals surface area contributed by atoms with Crippen LogP contribution in [-0.2, 0) is 19.1 Å². The number of carbonyl (C=O) groups excluding carboxylic acids is 4. The molecule has 0 spiro atoms. The second-order valence-electron chi connectivity index (χ2n) is 15.2. The summed E-state index contributed by atoms with van der Waals surface area (Å²) in [5, 5.41) is 0. The Morgan fingerprint density at radius 3 is 1.80 bits per heavy atom. The number of hydrogen-bond acceptors (Lipinski definition) is 6. The van der Waals surface area contributed by atoms with Gasteiger partial charge >= 0.3 is 35.0 Å². The molecule has 8 bridgehead atoms. The van der Waals surface area contributed by atoms with E-state index in [1.54, 1.807) is 6.92 Å². The number of aryl methyl sites for hydroxylation is 2. The standard InChI is InChI=1S/C55H38N4O6.Mg.19H2/c1-9-11-12-13-14-15-16-17-18-19-20-21-22-23-24-25-26-27-30-65-47(61)29-28-40-35(4)42-31-43-36(5)48(38(7)60)46(57-43)33-41-34(3)39(10-2)45(56-41)32-44-37(6)49-53(59-44)50(52(40)58-42)51(54(49)62)55(63)64-8;;;;;;;;;;;;;;;;;;;;/h1,31-35,39-40,51,57,59H,10,28-29H2,2-8H3;;19*1H/q;+2;;;;;;;;;;;;;;;;;;;/p+2/t34?,35?,39-,40+,51?;;;;;;;;;;;;;;;;;;;;/m1..................../s1. The van der Waals surface area contributed by atoms with E-state index < -0.39 is 17.9 Å². The minimum Gasteiger partial charge on any atom is -0.468 e. The van der Waals surface area contributed by atoms with E-state index in [-0.39, 0.29) is 98.2 Å². The van der Waals surface area contributed by atoms with Gasteiger partial charge in [0.05, 0.1) is 47.4 Å². The van der Waals surface area contributed by atoms with Gasteiger partial charge < -0.3 is 19.4 Å². The third-order valence-corrected chi connectivity index (χ3v) is 11.6. The number of terminal acetylenes is 1. The summed E-state index contributed by atoms with van der Waals surface area (Å²) in [7, 11) is 1.26. The number of Topliss-reactive ketones (excluding diaryl/α,β-unsaturated/α-hetero) is 2. The number of methoxy groups -OCH3 is 1. The van der Waals surface area contributed by atoms with Gasteiger partial charge in [-0.15, -0.1) is 6.42 Å². The first-order valence-electron chi connectivity index (χ1n) is 20.6. The summed E-state index contributed by atoms with van der Waals surface area (Å²) in [6, 6.07) is 6.02. The van der Waals surface area contributed by atoms with E-state index in [9.17, 15) is 19.2 Å². The average molecular weight is 916 g/mol. The maximum atomic E-state index is 14.3. The topological polar surface area (TPSA) is 147 Å². The Morgan fingerprint density at radius 2 is 1.24 bits per heavy atom. The zero-order valence-electron chi connectivity index (χ0n) is 37.5. The van der Waals surface area contributed by atoms with Gasteiger partial charge in [0, 0.05) is 133 Å². The van der Waals surface area contributed by atoms with Crippen LogP contribution in [0.2, 0.25) is 0 Å². The number of carbonyl (C=O) groups is 4. The minimum atomic E-state index is -1.24. The van der Waals surface area contributed by atoms with Gasteiger partial charge in [-0.25, -0.2) is 9.97 Å². The Hall–Kier alpha value is -8.23. The fourth-order valence-electron chi connectivity index (χ4n) is 8.47. The van der Waals surface area contributed by atoms with E-state index in [0.29, 0.717) is 39.0 Å². The van der Waals surface area contributed by atoms with Crippen molar-refractivity contribution in [2.24, 2.45) is 0 Å². The Kier molecular flexibility index (Phi) is 16.6. The zero-order valence-corrected chi connectivity index (χ0v) is 38.9. The molecule has 1 aliphatic carbocycles. The van der Waals surface area contributed by atoms with Crippen molar-refractivity contribution in [3.63, 3.8) is 0 Å². The van der Waals surface area contributed by atoms with Crippen molar-refractivity contribution in [2.45, 2.75) is 90.4 Å². The summed E-state index contributed by atoms with van der Waals surface area (Å²) >= 11 is 0. The molecule has 3 aliphatic rings. The van der Waals surface area contributed by atoms with Gasteiger partial charge in [0.25, 0.3) is 0 Å². The Labute approximate surface area is 428 Å². The first-order chi connectivity index (χ1) is 31.4. The normalized spacial score (nSPS) is 16.3. The Balaban J connectivity index is -0.000000188. The first-order valence-corrected chi connectivity index (χ1v) is 20.6. The van der Waals surface area contributed by atoms with Crippen molar-refractivity contribution in [3.05, 3.63) is 68.8 Å². The number of nitrogens with one attached hydrogen (secondary N) is 4. The summed E-state index contributed by atoms with van der Waals surface area (Å²) in [5.74, 6) is 40.9. The fourth-order valence-corrected chi connectivity index (χ4v) is 8.47. The van der Waals surface area contributed by atoms with E-state index in [4.69, 9.17) is 15.9 Å². The fraction of sp³-hybridized carbons (Fsp3) is 0.273. The van der Waals surface area contributed by atoms with Gasteiger partial charge in [0.2, 0.25) is 0 Å². The zero-order chi connectivity index (χ0) is 46.6. The Bertz CT molecular complexity index is 3490. The maximum absolute atomic E-state index is 14.3. The van der Waals surface area contributed by atoms with Crippen LogP contribution in [0.4, 0.5) is 0 Å². The molecule has 3 aromatic rings. The summed E-state index contributed by atoms with van der Waals surface area (Å²) in [6.45, 7) is 11.6. The van der Waals surface area contributed by atoms with Crippen molar-refractivity contribution >= 4 is 68.6 Å². The molecule has 3 unspecified atom stereocenters. The molecule has 0 aromatic carbocycles. The number of ketones is 2. The van der Waals surface area contributed by atoms with Gasteiger partial charge in [-0.3, -0.25) is 19.2 Å². The van der Waals surface area contributed by atoms with Crippen molar-refractivity contribution in [1.82, 2.24) is 9.97 Å². The second-order valence-corrected chi connectivity index (χ2v) is 15.2. The molecule has 0 saturated heterocycles. The molecule has 4 N–H and O–H groups in total. The van der Waals surface area contributed by atoms with Crippen LogP contribution in [0.1, 0.15) is 164 Å². The molecule has 5 heterocycles. The van der Waals surface area contributed by atoms with Gasteiger partial charge in [0.15, 0.2) is 40.3 Å². The molecule has 10 nitrogen and oxygen atoms in total. The monoisotopic (exact) mass is 915 g/mol. The quantitative estimate of drug-likeness (QED) is 0.0828. The summed E-state index contributed by atoms with van der Waals surface area (Å²) < 4.78 is 10.4. The molecule has 11 heteroatoms. The summed E-state index contributed by atoms with van der Waals surface area (Å²) in [5.41, 5.74) is 9.00. The van der Waals surface area contributed by atoms with Gasteiger partial charge in [0.1, 0.15) is 6.11 Å². The van der Waals surface area contributed by atoms with E-state index in [1.807, 2.05) is 39.0 Å². The second kappa shape index (κ2) is 22.4. The molecule has 5 atom stereocenters. The molecule has 352 valence electrons. The van der Waals surface area contributed by atoms with Crippen LogP contribution in [0.5, 0.6) is 0 Å². The number of H-pyrrole nitrogens is 4. The van der Waals surface area contributed by atoms with Gasteiger partial charge in [-0.2, -0.15) is 0 Å². The molecular weight excluding hydrogens is 837 g/mol. The third-order valence-electron chi connectivity index (χ3n) is 11.6. The van der Waals surface area contributed by atoms with E-state index >= 15 is 0 Å². The SMILES string of the molecule is C#CC#CC#CC#CC#CC#CC#CC#CC#CC#COC(=O)CC[C@@H]1c2[nH+]c(cc3[nH]c(cc4[nH+]c(cc5[nH]c6c(c5C)C(=O)C(C(=O)OC)c26)[C@H](CC)C4C)c(C(C)=O)c3C)C1C.[HH].[HH].[HH].[HH].[HH].[HH].[HH].[HH].[HH].[HH].[HH].[HH].[HH].[HH].[HH].[HH].[HH].[HH].[HH].[Mg+2]. The average Bonchev–Trinajstić information content (AvgIpc) is 4.03. The molecule has 0 radical (unpaired) electrons. The Morgan fingerprint density at radius 1 is 0.727 bits per heavy atom. The van der Waals surface area contributed by atoms with Gasteiger partial charge in [-0.05, 0) is 92.1 Å². The largest absolute Gasteiger partial charge is 2.00 e. The van der Waals surface area contributed by atoms with Crippen molar-refractivity contribution in [1.29, 1.82) is 0 Å². The third kappa shape index (κ3) is 10.6. The smallest absolute Gasteiger partial charge is 0.468 e. The number of hydrogen-bond donors (Lipinski definition) is 2. The van der Waals surface area contributed by atoms with Crippen LogP contribution in [0, 0.1) is 133 Å². The predicted octanol–water partition coefficient (Wildman–Crippen LogP) is 9.85. The van der Waals surface area contributed by atoms with Crippen LogP contribution >= 0.6 is 0 Å². The van der Waals surface area contributed by atoms with Crippen molar-refractivity contribution in [3.8, 4) is 119 Å². The number of aromatic nitrogens is 4. The summed E-state index contributed by atoms with van der Waals surface area (Å²) in [4.78, 5) is 68.4. The van der Waals surface area contributed by atoms with E-state index in [2.05, 4.69) is 146 Å². The van der Waals surface area contributed by atoms with Gasteiger partial charge in [-0.1, -0.05) is 20.8 Å². The van der Waals surface area contributed by atoms with Crippen LogP contribution in [-0.4, -0.2) is 63.6 Å². The molecule has 66 heavy (non-hydrogen) atoms. The summed E-state index contributed by atoms with van der Waals surface area (Å²) in [6.07, 6.45) is 8.37. The number of rotatable bonds is 6. The molecular formula is C55H78MgN4O6+4. The number of aromatic amines is 4. The van der Waals surface area contributed by atoms with Crippen LogP contribution in [0.25, 0.3) is 22.1 Å². The van der Waals surface area contributed by atoms with Crippen LogP contribution in [0.15, 0.2) is 18.2 Å². The van der Waals surface area contributed by atoms with Crippen LogP contribution in [0.3, 0.4) is 0 Å². The first kappa shape index (κ1) is 48.8. The minimum absolute atomic E-state index is 0. The number of ether oxygens (including phenoxy) is 2. The predicted molar refractivity (Wildman–Crippen MR) is 290 cm³/mol. The van der Waals surface area contributed by atoms with Crippen molar-refractivity contribution < 1.29 is 65.7 Å². The molecule has 6 rings (SSSR count). The number of fused-ring (bicyclic) bond motifs is 8. The maximum Gasteiger partial charge on any atom is 2.00 e. The molecule has 0 fully saturated rings. The molecule has 2 aliphatic heterocycles.